The largest absolute Gasteiger partial charge is 0.311 e. The number of rotatable bonds is 6. The van der Waals surface area contributed by atoms with Crippen molar-refractivity contribution in [3.05, 3.63) is 91.4 Å². The molecule has 10 nitrogen and oxygen atoms in total. The second-order valence-electron chi connectivity index (χ2n) is 7.55. The van der Waals surface area contributed by atoms with Gasteiger partial charge in [-0.15, -0.1) is 15.3 Å². The van der Waals surface area contributed by atoms with Gasteiger partial charge >= 0.3 is 0 Å². The quantitative estimate of drug-likeness (QED) is 0.257. The summed E-state index contributed by atoms with van der Waals surface area (Å²) in [4.78, 5) is 2.19. The summed E-state index contributed by atoms with van der Waals surface area (Å²) in [5.41, 5.74) is 8.38. The Morgan fingerprint density at radius 3 is 0.943 bits per heavy atom. The van der Waals surface area contributed by atoms with Crippen molar-refractivity contribution in [3.8, 4) is 33.8 Å². The molecule has 166 valence electrons. The maximum absolute atomic E-state index is 4.10. The molecule has 6 aromatic rings. The SMILES string of the molecule is [Cd].c1cc(N(c2ccc(-c3c[nH]nn3)cc2)c2ccc(-c3c[nH]nn3)cc2)ccc1-c1c[nH]nn1. The van der Waals surface area contributed by atoms with Crippen LogP contribution in [-0.4, -0.2) is 46.2 Å². The van der Waals surface area contributed by atoms with Crippen molar-refractivity contribution in [1.82, 2.24) is 46.2 Å². The first-order chi connectivity index (χ1) is 16.8. The molecule has 0 fully saturated rings. The van der Waals surface area contributed by atoms with Crippen molar-refractivity contribution in [2.45, 2.75) is 0 Å². The van der Waals surface area contributed by atoms with Crippen molar-refractivity contribution in [1.29, 1.82) is 0 Å². The molecule has 0 saturated heterocycles. The Hall–Kier alpha value is -4.20. The predicted octanol–water partition coefficient (Wildman–Crippen LogP) is 4.51. The van der Waals surface area contributed by atoms with Gasteiger partial charge in [0.05, 0.1) is 0 Å². The molecule has 0 unspecified atom stereocenters. The van der Waals surface area contributed by atoms with E-state index in [0.29, 0.717) is 0 Å². The summed E-state index contributed by atoms with van der Waals surface area (Å²) in [7, 11) is 0. The van der Waals surface area contributed by atoms with E-state index in [9.17, 15) is 0 Å². The molecule has 0 bridgehead atoms. The van der Waals surface area contributed by atoms with E-state index in [1.54, 1.807) is 18.6 Å². The number of aromatic nitrogens is 9. The first-order valence-electron chi connectivity index (χ1n) is 10.6. The van der Waals surface area contributed by atoms with Crippen LogP contribution in [0.5, 0.6) is 0 Å². The Balaban J connectivity index is 0.00000253. The number of hydrogen-bond acceptors (Lipinski definition) is 7. The third kappa shape index (κ3) is 4.60. The summed E-state index contributed by atoms with van der Waals surface area (Å²) in [6.45, 7) is 0. The van der Waals surface area contributed by atoms with Gasteiger partial charge in [0.25, 0.3) is 0 Å². The Morgan fingerprint density at radius 2 is 0.714 bits per heavy atom. The molecule has 0 spiro atoms. The van der Waals surface area contributed by atoms with Crippen LogP contribution in [0.25, 0.3) is 33.8 Å². The summed E-state index contributed by atoms with van der Waals surface area (Å²) < 4.78 is 0. The fourth-order valence-corrected chi connectivity index (χ4v) is 3.82. The molecule has 0 saturated carbocycles. The van der Waals surface area contributed by atoms with Crippen LogP contribution in [0.15, 0.2) is 91.4 Å². The third-order valence-corrected chi connectivity index (χ3v) is 5.51. The van der Waals surface area contributed by atoms with Gasteiger partial charge in [0.1, 0.15) is 17.1 Å². The van der Waals surface area contributed by atoms with E-state index in [1.807, 2.05) is 36.4 Å². The summed E-state index contributed by atoms with van der Waals surface area (Å²) in [5.74, 6) is 0. The number of nitrogens with zero attached hydrogens (tertiary/aromatic N) is 7. The minimum Gasteiger partial charge on any atom is -0.311 e. The fraction of sp³-hybridized carbons (Fsp3) is 0. The van der Waals surface area contributed by atoms with E-state index in [0.717, 1.165) is 50.8 Å². The molecule has 0 radical (unpaired) electrons. The van der Waals surface area contributed by atoms with Crippen LogP contribution in [0.1, 0.15) is 0 Å². The normalized spacial score (nSPS) is 10.6. The molecule has 3 N–H and O–H groups in total. The van der Waals surface area contributed by atoms with Crippen molar-refractivity contribution < 1.29 is 27.3 Å². The molecule has 3 heterocycles. The van der Waals surface area contributed by atoms with Crippen LogP contribution in [0.4, 0.5) is 17.1 Å². The van der Waals surface area contributed by atoms with Crippen molar-refractivity contribution in [2.75, 3.05) is 4.90 Å². The Morgan fingerprint density at radius 1 is 0.429 bits per heavy atom. The fourth-order valence-electron chi connectivity index (χ4n) is 3.82. The number of aromatic amines is 3. The predicted molar refractivity (Wildman–Crippen MR) is 127 cm³/mol. The zero-order valence-electron chi connectivity index (χ0n) is 18.5. The minimum absolute atomic E-state index is 0. The summed E-state index contributed by atoms with van der Waals surface area (Å²) in [5, 5.41) is 32.0. The van der Waals surface area contributed by atoms with E-state index in [4.69, 9.17) is 0 Å². The number of benzene rings is 3. The molecule has 11 heteroatoms. The number of hydrogen-bond donors (Lipinski definition) is 3. The van der Waals surface area contributed by atoms with Gasteiger partial charge in [0, 0.05) is 79.6 Å². The Labute approximate surface area is 220 Å². The van der Waals surface area contributed by atoms with E-state index in [-0.39, 0.29) is 27.3 Å². The van der Waals surface area contributed by atoms with Gasteiger partial charge in [-0.3, -0.25) is 15.3 Å². The summed E-state index contributed by atoms with van der Waals surface area (Å²) in [6, 6.07) is 24.6. The first kappa shape index (κ1) is 22.6. The van der Waals surface area contributed by atoms with E-state index >= 15 is 0 Å². The molecule has 35 heavy (non-hydrogen) atoms. The van der Waals surface area contributed by atoms with Crippen LogP contribution in [0.2, 0.25) is 0 Å². The number of H-pyrrole nitrogens is 3. The van der Waals surface area contributed by atoms with Gasteiger partial charge < -0.3 is 4.90 Å². The topological polar surface area (TPSA) is 128 Å². The molecule has 3 aromatic heterocycles. The maximum atomic E-state index is 4.10. The third-order valence-electron chi connectivity index (χ3n) is 5.51. The Bertz CT molecular complexity index is 1280. The summed E-state index contributed by atoms with van der Waals surface area (Å²) >= 11 is 0. The molecular formula is C24H18CdN10. The standard InChI is InChI=1S/C24H18N10.Cd/c1-7-19(8-2-16(1)22-13-25-31-28-22)34(20-9-3-17(4-10-20)23-14-26-32-29-23)21-11-5-18(6-12-21)24-15-27-33-30-24;/h1-15H,(H,25,28,31)(H,26,29,32)(H,27,30,33);. The van der Waals surface area contributed by atoms with E-state index in [2.05, 4.69) is 87.5 Å². The zero-order valence-corrected chi connectivity index (χ0v) is 22.5. The van der Waals surface area contributed by atoms with Gasteiger partial charge in [-0.25, -0.2) is 0 Å². The molecule has 0 amide bonds. The van der Waals surface area contributed by atoms with Gasteiger partial charge in [-0.05, 0) is 36.4 Å². The van der Waals surface area contributed by atoms with Crippen LogP contribution >= 0.6 is 0 Å². The van der Waals surface area contributed by atoms with E-state index in [1.165, 1.54) is 0 Å². The van der Waals surface area contributed by atoms with Crippen molar-refractivity contribution in [2.24, 2.45) is 0 Å². The van der Waals surface area contributed by atoms with Crippen molar-refractivity contribution >= 4 is 17.1 Å². The monoisotopic (exact) mass is 560 g/mol. The zero-order chi connectivity index (χ0) is 22.7. The number of nitrogens with one attached hydrogen (secondary N) is 3. The first-order valence-corrected chi connectivity index (χ1v) is 10.6. The van der Waals surface area contributed by atoms with Crippen LogP contribution < -0.4 is 4.90 Å². The molecule has 0 aliphatic heterocycles. The van der Waals surface area contributed by atoms with Crippen LogP contribution in [0, 0.1) is 0 Å². The van der Waals surface area contributed by atoms with Crippen LogP contribution in [0.3, 0.4) is 0 Å². The maximum Gasteiger partial charge on any atom is 0.112 e. The molecular weight excluding hydrogens is 541 g/mol. The van der Waals surface area contributed by atoms with Gasteiger partial charge in [-0.2, -0.15) is 0 Å². The smallest absolute Gasteiger partial charge is 0.112 e. The molecule has 0 atom stereocenters. The second kappa shape index (κ2) is 9.97. The second-order valence-corrected chi connectivity index (χ2v) is 7.55. The van der Waals surface area contributed by atoms with Gasteiger partial charge in [0.15, 0.2) is 0 Å². The van der Waals surface area contributed by atoms with E-state index < -0.39 is 0 Å². The van der Waals surface area contributed by atoms with Crippen molar-refractivity contribution in [3.63, 3.8) is 0 Å². The summed E-state index contributed by atoms with van der Waals surface area (Å²) in [6.07, 6.45) is 5.33. The number of anilines is 3. The molecule has 3 aromatic carbocycles. The molecule has 6 rings (SSSR count). The molecule has 0 aliphatic rings. The Kier molecular flexibility index (Phi) is 6.43. The average molecular weight is 559 g/mol. The average Bonchev–Trinajstić information content (AvgIpc) is 3.69. The van der Waals surface area contributed by atoms with Gasteiger partial charge in [0.2, 0.25) is 0 Å². The van der Waals surface area contributed by atoms with Gasteiger partial charge in [-0.1, -0.05) is 52.0 Å². The minimum atomic E-state index is 0. The molecule has 0 aliphatic carbocycles. The van der Waals surface area contributed by atoms with Crippen LogP contribution in [-0.2, 0) is 27.3 Å².